The van der Waals surface area contributed by atoms with Crippen molar-refractivity contribution in [3.63, 3.8) is 0 Å². The quantitative estimate of drug-likeness (QED) is 0.621. The van der Waals surface area contributed by atoms with Crippen LogP contribution in [0.5, 0.6) is 0 Å². The number of hydrogen-bond donors (Lipinski definition) is 1. The average Bonchev–Trinajstić information content (AvgIpc) is 2.86. The molecular formula is C14H11ClN3O5V-. The van der Waals surface area contributed by atoms with Crippen molar-refractivity contribution >= 4 is 41.1 Å². The number of amides is 4. The van der Waals surface area contributed by atoms with Gasteiger partial charge in [0.25, 0.3) is 0 Å². The molecule has 8 nitrogen and oxygen atoms in total. The molecule has 10 heteroatoms. The first-order valence-corrected chi connectivity index (χ1v) is 7.13. The molecule has 4 amide bonds. The minimum atomic E-state index is -2.07. The molecule has 1 radical (unpaired) electrons. The van der Waals surface area contributed by atoms with Gasteiger partial charge in [0.15, 0.2) is 11.9 Å². The van der Waals surface area contributed by atoms with Crippen LogP contribution in [0.2, 0.25) is 5.02 Å². The molecule has 0 bridgehead atoms. The van der Waals surface area contributed by atoms with Crippen LogP contribution in [-0.2, 0) is 38.5 Å². The van der Waals surface area contributed by atoms with Gasteiger partial charge in [-0.1, -0.05) is 18.5 Å². The number of carboxylic acid groups (broad SMARTS) is 1. The van der Waals surface area contributed by atoms with Crippen LogP contribution in [0.3, 0.4) is 0 Å². The van der Waals surface area contributed by atoms with Crippen molar-refractivity contribution in [1.29, 1.82) is 0 Å². The van der Waals surface area contributed by atoms with Crippen LogP contribution in [-0.4, -0.2) is 46.9 Å². The van der Waals surface area contributed by atoms with Gasteiger partial charge in [-0.25, -0.2) is 0 Å². The first-order chi connectivity index (χ1) is 10.8. The second kappa shape index (κ2) is 6.12. The van der Waals surface area contributed by atoms with Crippen LogP contribution in [0, 0.1) is 0 Å². The molecule has 0 saturated carbocycles. The van der Waals surface area contributed by atoms with E-state index in [9.17, 15) is 19.2 Å². The molecule has 1 atom stereocenters. The van der Waals surface area contributed by atoms with E-state index in [0.717, 1.165) is 9.80 Å². The van der Waals surface area contributed by atoms with Crippen molar-refractivity contribution in [2.24, 2.45) is 0 Å². The van der Waals surface area contributed by atoms with Crippen molar-refractivity contribution in [1.82, 2.24) is 4.90 Å². The molecular weight excluding hydrogens is 377 g/mol. The summed E-state index contributed by atoms with van der Waals surface area (Å²) in [5, 5.41) is 13.0. The molecule has 24 heavy (non-hydrogen) atoms. The molecule has 3 rings (SSSR count). The maximum atomic E-state index is 12.8. The Hall–Kier alpha value is -2.03. The Morgan fingerprint density at radius 2 is 1.88 bits per heavy atom. The molecule has 1 unspecified atom stereocenters. The molecule has 1 N–H and O–H groups in total. The van der Waals surface area contributed by atoms with E-state index in [1.807, 2.05) is 0 Å². The number of carboxylic acids is 1. The minimum Gasteiger partial charge on any atom is -0.480 e. The molecule has 0 aromatic heterocycles. The fourth-order valence-corrected chi connectivity index (χ4v) is 3.05. The minimum absolute atomic E-state index is 0. The first-order valence-electron chi connectivity index (χ1n) is 6.75. The smallest absolute Gasteiger partial charge is 0.323 e. The van der Waals surface area contributed by atoms with Crippen LogP contribution in [0.1, 0.15) is 12.5 Å². The summed E-state index contributed by atoms with van der Waals surface area (Å²) < 4.78 is 0. The van der Waals surface area contributed by atoms with Gasteiger partial charge in [0.2, 0.25) is 5.91 Å². The Bertz CT molecular complexity index is 771. The first kappa shape index (κ1) is 18.3. The normalized spacial score (nSPS) is 21.8. The molecule has 1 aromatic carbocycles. The molecule has 125 valence electrons. The molecule has 2 aliphatic heterocycles. The predicted octanol–water partition coefficient (Wildman–Crippen LogP) is 1.32. The number of benzene rings is 1. The zero-order chi connectivity index (χ0) is 16.9. The van der Waals surface area contributed by atoms with Crippen LogP contribution >= 0.6 is 11.6 Å². The molecule has 1 aromatic rings. The predicted molar refractivity (Wildman–Crippen MR) is 79.3 cm³/mol. The van der Waals surface area contributed by atoms with E-state index in [1.54, 1.807) is 6.92 Å². The van der Waals surface area contributed by atoms with Crippen molar-refractivity contribution in [3.05, 3.63) is 34.1 Å². The fourth-order valence-electron chi connectivity index (χ4n) is 2.87. The standard InChI is InChI=1S/C14H12ClN3O5.V/c1-2-17-11(21)14(16-13(17)23)8-5-7(15)3-4-9(8)18(12(14)22)6-10(19)20;/h3-5H,2,6H2,1H3,(H2,16,19,20,23);/p-1. The monoisotopic (exact) mass is 387 g/mol. The number of imide groups is 1. The number of anilines is 1. The Morgan fingerprint density at radius 3 is 2.42 bits per heavy atom. The SMILES string of the molecule is CCN1C(=O)[N-]C2(C1=O)C(=O)N(CC(=O)O)c1ccc(Cl)cc12.[V]. The topological polar surface area (TPSA) is 109 Å². The van der Waals surface area contributed by atoms with Gasteiger partial charge in [-0.05, 0) is 30.3 Å². The fraction of sp³-hybridized carbons (Fsp3) is 0.286. The summed E-state index contributed by atoms with van der Waals surface area (Å²) in [5.74, 6) is -2.89. The summed E-state index contributed by atoms with van der Waals surface area (Å²) in [7, 11) is 0. The van der Waals surface area contributed by atoms with Gasteiger partial charge in [0.1, 0.15) is 12.1 Å². The van der Waals surface area contributed by atoms with Gasteiger partial charge in [-0.15, -0.1) is 0 Å². The number of carbonyl (C=O) groups excluding carboxylic acids is 3. The Balaban J connectivity index is 0.00000208. The second-order valence-corrected chi connectivity index (χ2v) is 5.54. The molecule has 2 aliphatic rings. The van der Waals surface area contributed by atoms with E-state index in [2.05, 4.69) is 5.32 Å². The number of hydrogen-bond acceptors (Lipinski definition) is 4. The molecule has 1 spiro atoms. The van der Waals surface area contributed by atoms with Gasteiger partial charge in [0.05, 0.1) is 0 Å². The average molecular weight is 388 g/mol. The number of fused-ring (bicyclic) bond motifs is 2. The summed E-state index contributed by atoms with van der Waals surface area (Å²) in [6.07, 6.45) is 0. The van der Waals surface area contributed by atoms with Gasteiger partial charge in [-0.2, -0.15) is 0 Å². The van der Waals surface area contributed by atoms with E-state index >= 15 is 0 Å². The third-order valence-electron chi connectivity index (χ3n) is 3.85. The Labute approximate surface area is 153 Å². The largest absolute Gasteiger partial charge is 0.480 e. The van der Waals surface area contributed by atoms with E-state index in [1.165, 1.54) is 18.2 Å². The van der Waals surface area contributed by atoms with Crippen LogP contribution < -0.4 is 4.90 Å². The summed E-state index contributed by atoms with van der Waals surface area (Å²) >= 11 is 5.94. The number of likely N-dealkylation sites (N-methyl/N-ethyl adjacent to an activating group) is 1. The third-order valence-corrected chi connectivity index (χ3v) is 4.09. The van der Waals surface area contributed by atoms with Crippen LogP contribution in [0.4, 0.5) is 10.5 Å². The van der Waals surface area contributed by atoms with Crippen molar-refractivity contribution in [3.8, 4) is 0 Å². The second-order valence-electron chi connectivity index (χ2n) is 5.10. The zero-order valence-corrected chi connectivity index (χ0v) is 14.5. The van der Waals surface area contributed by atoms with Gasteiger partial charge >= 0.3 is 5.97 Å². The molecule has 1 fully saturated rings. The van der Waals surface area contributed by atoms with E-state index in [4.69, 9.17) is 16.7 Å². The van der Waals surface area contributed by atoms with E-state index in [-0.39, 0.29) is 41.4 Å². The van der Waals surface area contributed by atoms with E-state index < -0.39 is 35.9 Å². The van der Waals surface area contributed by atoms with Gasteiger partial charge < -0.3 is 15.3 Å². The number of nitrogens with zero attached hydrogens (tertiary/aromatic N) is 3. The van der Waals surface area contributed by atoms with E-state index in [0.29, 0.717) is 0 Å². The van der Waals surface area contributed by atoms with Crippen molar-refractivity contribution < 1.29 is 42.8 Å². The molecule has 1 saturated heterocycles. The molecule has 0 aliphatic carbocycles. The maximum Gasteiger partial charge on any atom is 0.323 e. The Morgan fingerprint density at radius 1 is 1.25 bits per heavy atom. The third kappa shape index (κ3) is 2.30. The summed E-state index contributed by atoms with van der Waals surface area (Å²) in [6, 6.07) is 3.45. The van der Waals surface area contributed by atoms with Gasteiger partial charge in [-0.3, -0.25) is 24.1 Å². The number of aliphatic carboxylic acids is 1. The maximum absolute atomic E-state index is 12.8. The summed E-state index contributed by atoms with van der Waals surface area (Å²) in [5.41, 5.74) is -1.72. The summed E-state index contributed by atoms with van der Waals surface area (Å²) in [4.78, 5) is 50.2. The Kier molecular flexibility index (Phi) is 4.67. The number of halogens is 1. The number of urea groups is 1. The zero-order valence-electron chi connectivity index (χ0n) is 12.4. The molecule has 2 heterocycles. The number of rotatable bonds is 3. The summed E-state index contributed by atoms with van der Waals surface area (Å²) in [6.45, 7) is 1.00. The van der Waals surface area contributed by atoms with Crippen molar-refractivity contribution in [2.45, 2.75) is 12.5 Å². The van der Waals surface area contributed by atoms with Gasteiger partial charge in [0, 0.05) is 29.3 Å². The number of carbonyl (C=O) groups is 4. The van der Waals surface area contributed by atoms with Crippen LogP contribution in [0.25, 0.3) is 5.32 Å². The van der Waals surface area contributed by atoms with Crippen molar-refractivity contribution in [2.75, 3.05) is 18.0 Å². The van der Waals surface area contributed by atoms with Crippen LogP contribution in [0.15, 0.2) is 18.2 Å².